The number of nitrogens with zero attached hydrogens (tertiary/aromatic N) is 1. The zero-order chi connectivity index (χ0) is 15.4. The quantitative estimate of drug-likeness (QED) is 0.753. The first-order valence-electron chi connectivity index (χ1n) is 6.13. The Bertz CT molecular complexity index is 439. The Labute approximate surface area is 114 Å². The van der Waals surface area contributed by atoms with Crippen LogP contribution in [-0.4, -0.2) is 53.9 Å². The molecular formula is C12H23NO5S. The maximum Gasteiger partial charge on any atom is 0.303 e. The predicted molar refractivity (Wildman–Crippen MR) is 72.6 cm³/mol. The second-order valence-corrected chi connectivity index (χ2v) is 7.94. The largest absolute Gasteiger partial charge is 0.481 e. The van der Waals surface area contributed by atoms with Gasteiger partial charge in [-0.2, -0.15) is 0 Å². The number of carbonyl (C=O) groups is 2. The molecule has 0 radical (unpaired) electrons. The van der Waals surface area contributed by atoms with Gasteiger partial charge in [0.1, 0.15) is 4.75 Å². The molecule has 1 amide bonds. The number of sulfone groups is 1. The molecule has 0 fully saturated rings. The van der Waals surface area contributed by atoms with Gasteiger partial charge in [-0.15, -0.1) is 0 Å². The molecule has 0 rings (SSSR count). The smallest absolute Gasteiger partial charge is 0.303 e. The molecule has 0 aromatic heterocycles. The molecule has 7 heteroatoms. The van der Waals surface area contributed by atoms with Crippen LogP contribution in [0.3, 0.4) is 0 Å². The molecule has 0 spiro atoms. The summed E-state index contributed by atoms with van der Waals surface area (Å²) < 4.78 is 21.8. The number of amides is 1. The summed E-state index contributed by atoms with van der Waals surface area (Å²) in [4.78, 5) is 24.2. The number of carboxylic acids is 1. The Hall–Kier alpha value is -1.11. The van der Waals surface area contributed by atoms with E-state index >= 15 is 0 Å². The fraction of sp³-hybridized carbons (Fsp3) is 0.833. The van der Waals surface area contributed by atoms with E-state index in [4.69, 9.17) is 5.11 Å². The Morgan fingerprint density at radius 1 is 1.26 bits per heavy atom. The minimum absolute atomic E-state index is 0.0458. The summed E-state index contributed by atoms with van der Waals surface area (Å²) in [5, 5.41) is 8.59. The zero-order valence-corrected chi connectivity index (χ0v) is 13.0. The lowest BCUT2D eigenvalue weighted by Crippen LogP contribution is -2.52. The summed E-state index contributed by atoms with van der Waals surface area (Å²) in [5.74, 6) is -1.42. The summed E-state index contributed by atoms with van der Waals surface area (Å²) in [6.45, 7) is 6.53. The average Bonchev–Trinajstić information content (AvgIpc) is 2.20. The van der Waals surface area contributed by atoms with Gasteiger partial charge in [-0.3, -0.25) is 9.59 Å². The molecule has 0 aliphatic carbocycles. The fourth-order valence-electron chi connectivity index (χ4n) is 1.50. The SMILES string of the molecule is CC(C)N(CCCC(=O)O)C(=O)C(C)(C)S(C)(=O)=O. The standard InChI is InChI=1S/C12H23NO5S/c1-9(2)13(8-6-7-10(14)15)11(16)12(3,4)19(5,17)18/h9H,6-8H2,1-5H3,(H,14,15). The number of carbonyl (C=O) groups excluding carboxylic acids is 1. The number of aliphatic carboxylic acids is 1. The molecule has 0 atom stereocenters. The summed E-state index contributed by atoms with van der Waals surface area (Å²) >= 11 is 0. The number of hydrogen-bond acceptors (Lipinski definition) is 4. The van der Waals surface area contributed by atoms with E-state index in [1.807, 2.05) is 0 Å². The van der Waals surface area contributed by atoms with Crippen molar-refractivity contribution in [3.8, 4) is 0 Å². The summed E-state index contributed by atoms with van der Waals surface area (Å²) in [6, 6.07) is -0.178. The molecule has 0 aromatic rings. The Balaban J connectivity index is 5.00. The zero-order valence-electron chi connectivity index (χ0n) is 12.1. The Morgan fingerprint density at radius 3 is 2.05 bits per heavy atom. The van der Waals surface area contributed by atoms with Gasteiger partial charge >= 0.3 is 5.97 Å². The third-order valence-electron chi connectivity index (χ3n) is 3.12. The van der Waals surface area contributed by atoms with Crippen molar-refractivity contribution < 1.29 is 23.1 Å². The maximum absolute atomic E-state index is 12.3. The van der Waals surface area contributed by atoms with Crippen LogP contribution in [0.4, 0.5) is 0 Å². The predicted octanol–water partition coefficient (Wildman–Crippen LogP) is 0.911. The maximum atomic E-state index is 12.3. The van der Waals surface area contributed by atoms with E-state index in [1.165, 1.54) is 18.7 Å². The molecule has 0 aromatic carbocycles. The minimum atomic E-state index is -3.53. The van der Waals surface area contributed by atoms with Crippen molar-refractivity contribution in [1.29, 1.82) is 0 Å². The van der Waals surface area contributed by atoms with Crippen molar-refractivity contribution in [1.82, 2.24) is 4.90 Å². The van der Waals surface area contributed by atoms with Crippen LogP contribution in [0, 0.1) is 0 Å². The molecule has 0 heterocycles. The lowest BCUT2D eigenvalue weighted by molar-refractivity contribution is -0.139. The number of hydrogen-bond donors (Lipinski definition) is 1. The molecule has 0 unspecified atom stereocenters. The molecule has 0 aliphatic heterocycles. The van der Waals surface area contributed by atoms with Crippen molar-refractivity contribution >= 4 is 21.7 Å². The monoisotopic (exact) mass is 293 g/mol. The van der Waals surface area contributed by atoms with Crippen molar-refractivity contribution in [2.24, 2.45) is 0 Å². The van der Waals surface area contributed by atoms with E-state index in [-0.39, 0.29) is 19.0 Å². The van der Waals surface area contributed by atoms with Gasteiger partial charge in [-0.05, 0) is 34.1 Å². The molecule has 6 nitrogen and oxygen atoms in total. The van der Waals surface area contributed by atoms with Gasteiger partial charge in [0.05, 0.1) is 0 Å². The molecule has 0 aliphatic rings. The number of rotatable bonds is 7. The highest BCUT2D eigenvalue weighted by atomic mass is 32.2. The van der Waals surface area contributed by atoms with Crippen LogP contribution in [0.2, 0.25) is 0 Å². The Kier molecular flexibility index (Phi) is 5.99. The van der Waals surface area contributed by atoms with Crippen LogP contribution in [-0.2, 0) is 19.4 Å². The van der Waals surface area contributed by atoms with Gasteiger partial charge in [0.25, 0.3) is 0 Å². The lowest BCUT2D eigenvalue weighted by atomic mass is 10.1. The second kappa shape index (κ2) is 6.36. The summed E-state index contributed by atoms with van der Waals surface area (Å²) in [7, 11) is -3.53. The minimum Gasteiger partial charge on any atom is -0.481 e. The van der Waals surface area contributed by atoms with Crippen molar-refractivity contribution in [3.05, 3.63) is 0 Å². The van der Waals surface area contributed by atoms with E-state index in [0.717, 1.165) is 6.26 Å². The highest BCUT2D eigenvalue weighted by Gasteiger charge is 2.41. The van der Waals surface area contributed by atoms with Gasteiger partial charge in [0.2, 0.25) is 5.91 Å². The molecule has 0 bridgehead atoms. The third kappa shape index (κ3) is 4.81. The van der Waals surface area contributed by atoms with E-state index < -0.39 is 26.5 Å². The molecule has 19 heavy (non-hydrogen) atoms. The van der Waals surface area contributed by atoms with Gasteiger partial charge in [-0.25, -0.2) is 8.42 Å². The first kappa shape index (κ1) is 17.9. The normalized spacial score (nSPS) is 12.5. The van der Waals surface area contributed by atoms with E-state index in [9.17, 15) is 18.0 Å². The number of carboxylic acid groups (broad SMARTS) is 1. The third-order valence-corrected chi connectivity index (χ3v) is 5.14. The van der Waals surface area contributed by atoms with Gasteiger partial charge in [-0.1, -0.05) is 0 Å². The van der Waals surface area contributed by atoms with Crippen LogP contribution >= 0.6 is 0 Å². The van der Waals surface area contributed by atoms with Gasteiger partial charge in [0.15, 0.2) is 9.84 Å². The van der Waals surface area contributed by atoms with E-state index in [0.29, 0.717) is 6.42 Å². The molecule has 0 saturated carbocycles. The average molecular weight is 293 g/mol. The van der Waals surface area contributed by atoms with Crippen LogP contribution in [0.1, 0.15) is 40.5 Å². The van der Waals surface area contributed by atoms with E-state index in [2.05, 4.69) is 0 Å². The van der Waals surface area contributed by atoms with Crippen molar-refractivity contribution in [2.45, 2.75) is 51.3 Å². The summed E-state index contributed by atoms with van der Waals surface area (Å²) in [5.41, 5.74) is 0. The molecule has 112 valence electrons. The molecule has 0 saturated heterocycles. The fourth-order valence-corrected chi connectivity index (χ4v) is 1.93. The highest BCUT2D eigenvalue weighted by Crippen LogP contribution is 2.20. The van der Waals surface area contributed by atoms with Crippen LogP contribution in [0.15, 0.2) is 0 Å². The first-order valence-corrected chi connectivity index (χ1v) is 8.03. The van der Waals surface area contributed by atoms with Gasteiger partial charge < -0.3 is 10.0 Å². The van der Waals surface area contributed by atoms with Gasteiger partial charge in [0, 0.05) is 25.3 Å². The Morgan fingerprint density at radius 2 is 1.74 bits per heavy atom. The van der Waals surface area contributed by atoms with Crippen molar-refractivity contribution in [3.63, 3.8) is 0 Å². The lowest BCUT2D eigenvalue weighted by Gasteiger charge is -2.33. The second-order valence-electron chi connectivity index (χ2n) is 5.37. The van der Waals surface area contributed by atoms with Crippen LogP contribution < -0.4 is 0 Å². The highest BCUT2D eigenvalue weighted by molar-refractivity contribution is 7.92. The van der Waals surface area contributed by atoms with Crippen LogP contribution in [0.25, 0.3) is 0 Å². The topological polar surface area (TPSA) is 91.8 Å². The first-order chi connectivity index (χ1) is 8.41. The van der Waals surface area contributed by atoms with Crippen LogP contribution in [0.5, 0.6) is 0 Å². The summed E-state index contributed by atoms with van der Waals surface area (Å²) in [6.07, 6.45) is 1.29. The van der Waals surface area contributed by atoms with E-state index in [1.54, 1.807) is 13.8 Å². The van der Waals surface area contributed by atoms with Crippen molar-refractivity contribution in [2.75, 3.05) is 12.8 Å². The molecular weight excluding hydrogens is 270 g/mol. The molecule has 1 N–H and O–H groups in total.